The molecule has 0 aliphatic heterocycles. The van der Waals surface area contributed by atoms with E-state index in [2.05, 4.69) is 0 Å². The largest absolute Gasteiger partial charge is 0.252 e. The molecule has 10 heteroatoms. The molecule has 7 atom stereocenters. The summed E-state index contributed by atoms with van der Waals surface area (Å²) in [5.74, 6) is -1.49. The van der Waals surface area contributed by atoms with Crippen LogP contribution in [-0.4, -0.2) is 36.1 Å². The Hall–Kier alpha value is -2.30. The van der Waals surface area contributed by atoms with Gasteiger partial charge in [-0.2, -0.15) is 0 Å². The number of halogens is 1. The monoisotopic (exact) mass is 621 g/mol. The highest BCUT2D eigenvalue weighted by Gasteiger charge is 2.47. The number of benzene rings is 2. The van der Waals surface area contributed by atoms with E-state index in [1.165, 1.54) is 31.8 Å². The summed E-state index contributed by atoms with van der Waals surface area (Å²) in [6, 6.07) is 11.3. The van der Waals surface area contributed by atoms with Crippen LogP contribution in [0.25, 0.3) is 0 Å². The molecule has 0 bridgehead atoms. The van der Waals surface area contributed by atoms with Crippen LogP contribution >= 0.6 is 0 Å². The minimum Gasteiger partial charge on any atom is -0.252 e. The lowest BCUT2D eigenvalue weighted by atomic mass is 9.76. The van der Waals surface area contributed by atoms with Crippen LogP contribution in [0.2, 0.25) is 0 Å². The highest BCUT2D eigenvalue weighted by atomic mass is 32.2. The van der Waals surface area contributed by atoms with E-state index >= 15 is 4.39 Å². The smallest absolute Gasteiger partial charge is 0.120 e. The molecule has 0 fully saturated rings. The SMILES string of the molecule is CC(C)c1cccc(CC(C)c2cccc(CC(C)C3C=CC=C(F)C3(C)[S@](C)(=N)=O)c2[S@@](C)(=N)=O)c1S(C)(=N)=O. The molecule has 0 radical (unpaired) electrons. The summed E-state index contributed by atoms with van der Waals surface area (Å²) in [4.78, 5) is 0.984. The van der Waals surface area contributed by atoms with Crippen molar-refractivity contribution in [3.05, 3.63) is 82.7 Å². The van der Waals surface area contributed by atoms with Gasteiger partial charge in [-0.25, -0.2) is 26.6 Å². The zero-order chi connectivity index (χ0) is 31.1. The first kappa shape index (κ1) is 33.2. The van der Waals surface area contributed by atoms with Crippen molar-refractivity contribution in [2.45, 2.75) is 73.8 Å². The van der Waals surface area contributed by atoms with Crippen LogP contribution in [0.4, 0.5) is 4.39 Å². The molecular weight excluding hydrogens is 578 g/mol. The average Bonchev–Trinajstić information content (AvgIpc) is 2.83. The van der Waals surface area contributed by atoms with E-state index in [9.17, 15) is 12.6 Å². The molecule has 41 heavy (non-hydrogen) atoms. The van der Waals surface area contributed by atoms with Crippen LogP contribution in [0.15, 0.2) is 70.2 Å². The third-order valence-electron chi connectivity index (χ3n) is 8.35. The van der Waals surface area contributed by atoms with Crippen LogP contribution in [0.5, 0.6) is 0 Å². The zero-order valence-electron chi connectivity index (χ0n) is 25.2. The molecule has 3 N–H and O–H groups in total. The first-order valence-electron chi connectivity index (χ1n) is 13.7. The maximum absolute atomic E-state index is 15.1. The minimum atomic E-state index is -3.31. The summed E-state index contributed by atoms with van der Waals surface area (Å²) < 4.78 is 78.5. The molecule has 6 nitrogen and oxygen atoms in total. The van der Waals surface area contributed by atoms with Gasteiger partial charge in [0.25, 0.3) is 0 Å². The van der Waals surface area contributed by atoms with Crippen molar-refractivity contribution in [3.63, 3.8) is 0 Å². The number of allylic oxidation sites excluding steroid dienone is 3. The summed E-state index contributed by atoms with van der Waals surface area (Å²) in [5, 5.41) is 0. The van der Waals surface area contributed by atoms with Crippen molar-refractivity contribution >= 4 is 29.2 Å². The molecule has 0 saturated heterocycles. The van der Waals surface area contributed by atoms with Crippen LogP contribution in [0.1, 0.15) is 68.7 Å². The normalized spacial score (nSPS) is 25.0. The van der Waals surface area contributed by atoms with Crippen molar-refractivity contribution in [2.24, 2.45) is 11.8 Å². The molecule has 0 spiro atoms. The van der Waals surface area contributed by atoms with Gasteiger partial charge in [0.1, 0.15) is 10.6 Å². The van der Waals surface area contributed by atoms with Crippen molar-refractivity contribution in [2.75, 3.05) is 18.8 Å². The summed E-state index contributed by atoms with van der Waals surface area (Å²) in [7, 11) is -9.52. The number of hydrogen-bond donors (Lipinski definition) is 3. The van der Waals surface area contributed by atoms with Gasteiger partial charge >= 0.3 is 0 Å². The molecular formula is C31H44FN3O3S3. The highest BCUT2D eigenvalue weighted by Crippen LogP contribution is 2.44. The number of rotatable bonds is 10. The van der Waals surface area contributed by atoms with Gasteiger partial charge in [-0.1, -0.05) is 76.2 Å². The van der Waals surface area contributed by atoms with Gasteiger partial charge in [0, 0.05) is 24.7 Å². The number of nitrogens with one attached hydrogen (secondary N) is 3. The topological polar surface area (TPSA) is 123 Å². The molecule has 0 saturated carbocycles. The lowest BCUT2D eigenvalue weighted by Crippen LogP contribution is -2.46. The third kappa shape index (κ3) is 6.70. The lowest BCUT2D eigenvalue weighted by molar-refractivity contribution is 0.323. The fraction of sp³-hybridized carbons (Fsp3) is 0.484. The van der Waals surface area contributed by atoms with Gasteiger partial charge < -0.3 is 0 Å². The molecule has 1 aliphatic rings. The Morgan fingerprint density at radius 3 is 1.80 bits per heavy atom. The molecule has 0 heterocycles. The van der Waals surface area contributed by atoms with Crippen molar-refractivity contribution in [1.29, 1.82) is 14.3 Å². The van der Waals surface area contributed by atoms with Crippen molar-refractivity contribution in [3.8, 4) is 0 Å². The van der Waals surface area contributed by atoms with Gasteiger partial charge in [0.05, 0.1) is 39.0 Å². The van der Waals surface area contributed by atoms with E-state index in [0.29, 0.717) is 28.2 Å². The standard InChI is InChI=1S/C31H44FN3O3S3/c1-20(2)25-14-9-12-23(29(25)39(6,33)36)18-21(3)26-15-10-13-24(30(26)40(7,34)37)19-22(4)27-16-11-17-28(32)31(27,5)41(8,35)38/h9-17,20-22,27,33-35H,18-19H2,1-8H3/t21?,22?,27?,31?,39?,40-,41+/m0/s1. The Bertz CT molecular complexity index is 1710. The third-order valence-corrected chi connectivity index (χ3v) is 13.0. The lowest BCUT2D eigenvalue weighted by Gasteiger charge is -2.40. The average molecular weight is 622 g/mol. The van der Waals surface area contributed by atoms with Gasteiger partial charge in [-0.15, -0.1) is 0 Å². The van der Waals surface area contributed by atoms with Gasteiger partial charge in [-0.3, -0.25) is 4.78 Å². The molecule has 226 valence electrons. The summed E-state index contributed by atoms with van der Waals surface area (Å²) in [6.45, 7) is 9.45. The Morgan fingerprint density at radius 1 is 0.829 bits per heavy atom. The Morgan fingerprint density at radius 2 is 1.32 bits per heavy atom. The van der Waals surface area contributed by atoms with E-state index in [-0.39, 0.29) is 17.8 Å². The van der Waals surface area contributed by atoms with Crippen LogP contribution in [0.3, 0.4) is 0 Å². The second-order valence-corrected chi connectivity index (χ2v) is 18.9. The molecule has 2 aromatic carbocycles. The molecule has 0 amide bonds. The van der Waals surface area contributed by atoms with Crippen LogP contribution in [0, 0.1) is 26.2 Å². The second-order valence-electron chi connectivity index (χ2n) is 12.2. The quantitative estimate of drug-likeness (QED) is 0.250. The van der Waals surface area contributed by atoms with Gasteiger partial charge in [0.2, 0.25) is 0 Å². The van der Waals surface area contributed by atoms with E-state index in [0.717, 1.165) is 16.7 Å². The fourth-order valence-corrected chi connectivity index (χ4v) is 10.2. The highest BCUT2D eigenvalue weighted by molar-refractivity contribution is 7.93. The van der Waals surface area contributed by atoms with Crippen LogP contribution in [-0.2, 0) is 42.0 Å². The Kier molecular flexibility index (Phi) is 9.53. The first-order chi connectivity index (χ1) is 18.7. The predicted molar refractivity (Wildman–Crippen MR) is 169 cm³/mol. The first-order valence-corrected chi connectivity index (χ1v) is 19.6. The molecule has 1 aliphatic carbocycles. The molecule has 2 aromatic rings. The summed E-state index contributed by atoms with van der Waals surface area (Å²) in [5.41, 5.74) is 3.14. The van der Waals surface area contributed by atoms with Crippen LogP contribution < -0.4 is 0 Å². The Balaban J connectivity index is 2.09. The second kappa shape index (κ2) is 11.8. The predicted octanol–water partition coefficient (Wildman–Crippen LogP) is 7.88. The van der Waals surface area contributed by atoms with Crippen molar-refractivity contribution in [1.82, 2.24) is 0 Å². The molecule has 5 unspecified atom stereocenters. The zero-order valence-corrected chi connectivity index (χ0v) is 27.7. The maximum Gasteiger partial charge on any atom is 0.120 e. The maximum atomic E-state index is 15.1. The minimum absolute atomic E-state index is 0.0927. The Labute approximate surface area is 246 Å². The summed E-state index contributed by atoms with van der Waals surface area (Å²) in [6.07, 6.45) is 9.58. The molecule has 3 rings (SSSR count). The molecule has 0 aromatic heterocycles. The summed E-state index contributed by atoms with van der Waals surface area (Å²) >= 11 is 0. The number of hydrogen-bond acceptors (Lipinski definition) is 6. The fourth-order valence-electron chi connectivity index (χ4n) is 6.18. The van der Waals surface area contributed by atoms with E-state index in [1.807, 2.05) is 64.1 Å². The van der Waals surface area contributed by atoms with Gasteiger partial charge in [-0.05, 0) is 65.8 Å². The van der Waals surface area contributed by atoms with E-state index in [1.54, 1.807) is 12.2 Å². The van der Waals surface area contributed by atoms with E-state index < -0.39 is 45.7 Å². The van der Waals surface area contributed by atoms with E-state index in [4.69, 9.17) is 14.3 Å². The van der Waals surface area contributed by atoms with Crippen molar-refractivity contribution < 1.29 is 17.0 Å². The van der Waals surface area contributed by atoms with Gasteiger partial charge in [0.15, 0.2) is 0 Å².